The van der Waals surface area contributed by atoms with Crippen LogP contribution in [0, 0.1) is 5.82 Å². The van der Waals surface area contributed by atoms with Gasteiger partial charge in [0.1, 0.15) is 5.82 Å². The van der Waals surface area contributed by atoms with E-state index in [1.165, 1.54) is 23.3 Å². The second-order valence-electron chi connectivity index (χ2n) is 10.1. The Morgan fingerprint density at radius 3 is 2.42 bits per heavy atom. The van der Waals surface area contributed by atoms with Gasteiger partial charge in [0.25, 0.3) is 0 Å². The molecule has 2 aliphatic rings. The van der Waals surface area contributed by atoms with Gasteiger partial charge in [-0.1, -0.05) is 68.4 Å². The van der Waals surface area contributed by atoms with Gasteiger partial charge in [-0.3, -0.25) is 14.7 Å². The molecule has 0 aliphatic carbocycles. The van der Waals surface area contributed by atoms with E-state index in [2.05, 4.69) is 61.2 Å². The van der Waals surface area contributed by atoms with E-state index in [0.29, 0.717) is 11.6 Å². The van der Waals surface area contributed by atoms with Crippen molar-refractivity contribution in [3.8, 4) is 0 Å². The first kappa shape index (κ1) is 24.4. The van der Waals surface area contributed by atoms with E-state index in [-0.39, 0.29) is 18.1 Å². The van der Waals surface area contributed by atoms with E-state index in [0.717, 1.165) is 50.3 Å². The lowest BCUT2D eigenvalue weighted by Crippen LogP contribution is -2.56. The van der Waals surface area contributed by atoms with Crippen molar-refractivity contribution in [2.75, 3.05) is 18.0 Å². The van der Waals surface area contributed by atoms with Crippen LogP contribution in [0.25, 0.3) is 0 Å². The molecule has 1 atom stereocenters. The zero-order valence-electron chi connectivity index (χ0n) is 21.2. The molecule has 36 heavy (non-hydrogen) atoms. The number of carbonyl (C=O) groups is 1. The molecule has 2 heterocycles. The Kier molecular flexibility index (Phi) is 7.01. The number of para-hydroxylation sites is 1. The summed E-state index contributed by atoms with van der Waals surface area (Å²) < 4.78 is 14.3. The minimum absolute atomic E-state index is 0.00289. The Morgan fingerprint density at radius 2 is 1.69 bits per heavy atom. The predicted octanol–water partition coefficient (Wildman–Crippen LogP) is 6.88. The minimum Gasteiger partial charge on any atom is -0.300 e. The lowest BCUT2D eigenvalue weighted by molar-refractivity contribution is -0.117. The predicted molar refractivity (Wildman–Crippen MR) is 144 cm³/mol. The fourth-order valence-electron chi connectivity index (χ4n) is 5.71. The number of halogens is 1. The molecule has 2 saturated heterocycles. The molecule has 0 N–H and O–H groups in total. The largest absolute Gasteiger partial charge is 0.300 e. The number of hydrogen-bond donors (Lipinski definition) is 0. The highest BCUT2D eigenvalue weighted by atomic mass is 19.1. The van der Waals surface area contributed by atoms with Crippen LogP contribution in [0.4, 0.5) is 15.8 Å². The summed E-state index contributed by atoms with van der Waals surface area (Å²) in [5, 5.41) is 0. The highest BCUT2D eigenvalue weighted by Crippen LogP contribution is 2.43. The first-order valence-corrected chi connectivity index (χ1v) is 13.0. The molecule has 186 valence electrons. The molecule has 5 rings (SSSR count). The monoisotopic (exact) mass is 483 g/mol. The molecule has 2 aliphatic heterocycles. The molecule has 0 radical (unpaired) electrons. The third-order valence-corrected chi connectivity index (χ3v) is 7.87. The summed E-state index contributed by atoms with van der Waals surface area (Å²) in [6.45, 7) is 6.98. The maximum absolute atomic E-state index is 14.3. The van der Waals surface area contributed by atoms with Crippen LogP contribution >= 0.6 is 0 Å². The number of benzene rings is 3. The van der Waals surface area contributed by atoms with Crippen molar-refractivity contribution in [2.24, 2.45) is 4.99 Å². The van der Waals surface area contributed by atoms with E-state index in [1.54, 1.807) is 6.07 Å². The third kappa shape index (κ3) is 4.72. The average Bonchev–Trinajstić information content (AvgIpc) is 3.16. The summed E-state index contributed by atoms with van der Waals surface area (Å²) in [7, 11) is 0. The quantitative estimate of drug-likeness (QED) is 0.383. The fourth-order valence-corrected chi connectivity index (χ4v) is 5.71. The molecule has 4 nitrogen and oxygen atoms in total. The lowest BCUT2D eigenvalue weighted by atomic mass is 9.82. The molecular formula is C31H34FN3O. The van der Waals surface area contributed by atoms with Crippen LogP contribution in [0.3, 0.4) is 0 Å². The standard InChI is InChI=1S/C31H34FN3O/c1-3-23(2)27-14-7-8-15-28(27)33-29-21-30(36)35(26-13-9-12-25(32)20-26)31(29)16-18-34(19-17-31)22-24-10-5-4-6-11-24/h4-15,20,23H,3,16-19,21-22H2,1-2H3. The normalized spacial score (nSPS) is 19.8. The number of carbonyl (C=O) groups excluding carboxylic acids is 1. The second-order valence-corrected chi connectivity index (χ2v) is 10.1. The number of nitrogens with zero attached hydrogens (tertiary/aromatic N) is 3. The number of piperidine rings is 1. The molecule has 0 bridgehead atoms. The first-order chi connectivity index (χ1) is 17.5. The number of anilines is 1. The van der Waals surface area contributed by atoms with Gasteiger partial charge in [0.15, 0.2) is 0 Å². The van der Waals surface area contributed by atoms with Gasteiger partial charge in [0, 0.05) is 25.3 Å². The van der Waals surface area contributed by atoms with Crippen LogP contribution in [0.5, 0.6) is 0 Å². The smallest absolute Gasteiger partial charge is 0.233 e. The van der Waals surface area contributed by atoms with Gasteiger partial charge in [0.2, 0.25) is 5.91 Å². The SMILES string of the molecule is CCC(C)c1ccccc1N=C1CC(=O)N(c2cccc(F)c2)C12CCN(Cc1ccccc1)CC2. The van der Waals surface area contributed by atoms with Crippen molar-refractivity contribution >= 4 is 23.0 Å². The summed E-state index contributed by atoms with van der Waals surface area (Å²) in [5.74, 6) is 0.0481. The van der Waals surface area contributed by atoms with Crippen molar-refractivity contribution in [2.45, 2.75) is 57.5 Å². The average molecular weight is 484 g/mol. The molecule has 1 amide bonds. The zero-order valence-corrected chi connectivity index (χ0v) is 21.2. The van der Waals surface area contributed by atoms with Crippen LogP contribution in [0.2, 0.25) is 0 Å². The highest BCUT2D eigenvalue weighted by molar-refractivity contribution is 6.22. The summed E-state index contributed by atoms with van der Waals surface area (Å²) in [4.78, 5) is 23.0. The van der Waals surface area contributed by atoms with Crippen molar-refractivity contribution in [3.05, 3.63) is 95.8 Å². The van der Waals surface area contributed by atoms with Crippen molar-refractivity contribution < 1.29 is 9.18 Å². The summed E-state index contributed by atoms with van der Waals surface area (Å²) >= 11 is 0. The number of amides is 1. The van der Waals surface area contributed by atoms with E-state index in [4.69, 9.17) is 4.99 Å². The van der Waals surface area contributed by atoms with Crippen LogP contribution in [-0.2, 0) is 11.3 Å². The van der Waals surface area contributed by atoms with Gasteiger partial charge >= 0.3 is 0 Å². The number of rotatable bonds is 6. The van der Waals surface area contributed by atoms with Crippen molar-refractivity contribution in [1.82, 2.24) is 4.90 Å². The van der Waals surface area contributed by atoms with E-state index in [9.17, 15) is 9.18 Å². The molecule has 1 unspecified atom stereocenters. The van der Waals surface area contributed by atoms with E-state index < -0.39 is 5.54 Å². The van der Waals surface area contributed by atoms with Crippen molar-refractivity contribution in [1.29, 1.82) is 0 Å². The Labute approximate surface area is 213 Å². The van der Waals surface area contributed by atoms with Crippen LogP contribution < -0.4 is 4.90 Å². The van der Waals surface area contributed by atoms with Crippen LogP contribution in [0.15, 0.2) is 83.9 Å². The van der Waals surface area contributed by atoms with Gasteiger partial charge in [-0.25, -0.2) is 4.39 Å². The molecular weight excluding hydrogens is 449 g/mol. The maximum atomic E-state index is 14.3. The Bertz CT molecular complexity index is 1250. The van der Waals surface area contributed by atoms with E-state index in [1.807, 2.05) is 23.1 Å². The highest BCUT2D eigenvalue weighted by Gasteiger charge is 2.52. The van der Waals surface area contributed by atoms with Gasteiger partial charge in [-0.05, 0) is 60.6 Å². The fraction of sp³-hybridized carbons (Fsp3) is 0.355. The first-order valence-electron chi connectivity index (χ1n) is 13.0. The summed E-state index contributed by atoms with van der Waals surface area (Å²) in [6.07, 6.45) is 2.83. The number of aliphatic imine (C=N–C) groups is 1. The van der Waals surface area contributed by atoms with Gasteiger partial charge in [0.05, 0.1) is 23.4 Å². The van der Waals surface area contributed by atoms with Gasteiger partial charge in [-0.2, -0.15) is 0 Å². The molecule has 0 saturated carbocycles. The summed E-state index contributed by atoms with van der Waals surface area (Å²) in [6, 6.07) is 25.2. The third-order valence-electron chi connectivity index (χ3n) is 7.87. The number of hydrogen-bond acceptors (Lipinski definition) is 3. The van der Waals surface area contributed by atoms with Gasteiger partial charge in [-0.15, -0.1) is 0 Å². The molecule has 3 aromatic rings. The molecule has 3 aromatic carbocycles. The molecule has 1 spiro atoms. The molecule has 2 fully saturated rings. The van der Waals surface area contributed by atoms with Crippen LogP contribution in [-0.4, -0.2) is 35.1 Å². The topological polar surface area (TPSA) is 35.9 Å². The van der Waals surface area contributed by atoms with Gasteiger partial charge < -0.3 is 4.90 Å². The van der Waals surface area contributed by atoms with Crippen molar-refractivity contribution in [3.63, 3.8) is 0 Å². The Hall–Kier alpha value is -3.31. The van der Waals surface area contributed by atoms with Crippen LogP contribution in [0.1, 0.15) is 56.6 Å². The van der Waals surface area contributed by atoms with E-state index >= 15 is 0 Å². The second kappa shape index (κ2) is 10.4. The molecule has 0 aromatic heterocycles. The lowest BCUT2D eigenvalue weighted by Gasteiger charge is -2.45. The minimum atomic E-state index is -0.541. The number of likely N-dealkylation sites (tertiary alicyclic amines) is 1. The molecule has 5 heteroatoms. The zero-order chi connectivity index (χ0) is 25.1. The Balaban J connectivity index is 1.52. The maximum Gasteiger partial charge on any atom is 0.233 e. The summed E-state index contributed by atoms with van der Waals surface area (Å²) in [5.41, 5.74) is 4.43. The Morgan fingerprint density at radius 1 is 0.972 bits per heavy atom.